The number of rotatable bonds is 6. The summed E-state index contributed by atoms with van der Waals surface area (Å²) in [6.07, 6.45) is 0. The first-order valence-electron chi connectivity index (χ1n) is 21.7. The zero-order valence-electron chi connectivity index (χ0n) is 36.6. The number of hydrogen-bond acceptors (Lipinski definition) is 4. The van der Waals surface area contributed by atoms with Gasteiger partial charge in [0.15, 0.2) is 17.5 Å². The molecule has 56 heavy (non-hydrogen) atoms. The van der Waals surface area contributed by atoms with E-state index in [2.05, 4.69) is 0 Å². The smallest absolute Gasteiger partial charge is 0.164 e. The molecule has 5 nitrogen and oxygen atoms in total. The molecule has 0 amide bonds. The van der Waals surface area contributed by atoms with Crippen LogP contribution in [0, 0.1) is 0 Å². The first kappa shape index (κ1) is 25.4. The molecule has 0 radical (unpaired) electrons. The van der Waals surface area contributed by atoms with Gasteiger partial charge in [0.25, 0.3) is 0 Å². The Balaban J connectivity index is 1.18. The van der Waals surface area contributed by atoms with Gasteiger partial charge >= 0.3 is 0 Å². The Labute approximate surface area is 332 Å². The highest BCUT2D eigenvalue weighted by Crippen LogP contribution is 2.37. The van der Waals surface area contributed by atoms with Crippen LogP contribution in [0.4, 0.5) is 0 Å². The zero-order valence-corrected chi connectivity index (χ0v) is 29.6. The molecule has 3 aromatic heterocycles. The van der Waals surface area contributed by atoms with Gasteiger partial charge in [0.1, 0.15) is 11.2 Å². The molecule has 8 aromatic carbocycles. The van der Waals surface area contributed by atoms with E-state index < -0.39 is 12.1 Å². The first-order chi connectivity index (χ1) is 30.7. The van der Waals surface area contributed by atoms with Gasteiger partial charge in [-0.3, -0.25) is 0 Å². The van der Waals surface area contributed by atoms with Crippen LogP contribution in [0.5, 0.6) is 0 Å². The highest BCUT2D eigenvalue weighted by molar-refractivity contribution is 6.10. The molecular weight excluding hydrogens is 685 g/mol. The number of furan rings is 1. The molecule has 0 bridgehead atoms. The lowest BCUT2D eigenvalue weighted by Crippen LogP contribution is -2.00. The predicted octanol–water partition coefficient (Wildman–Crippen LogP) is 13.2. The molecule has 11 rings (SSSR count). The average Bonchev–Trinajstić information content (AvgIpc) is 3.89. The summed E-state index contributed by atoms with van der Waals surface area (Å²) >= 11 is 0. The number of aromatic nitrogens is 4. The molecular formula is C51H32N4O. The number of fused-ring (bicyclic) bond motifs is 6. The van der Waals surface area contributed by atoms with Crippen LogP contribution >= 0.6 is 0 Å². The Bertz CT molecular complexity index is 3660. The van der Waals surface area contributed by atoms with Gasteiger partial charge in [0.2, 0.25) is 0 Å². The molecule has 0 N–H and O–H groups in total. The van der Waals surface area contributed by atoms with Crippen molar-refractivity contribution in [1.82, 2.24) is 19.5 Å². The van der Waals surface area contributed by atoms with Crippen LogP contribution in [-0.2, 0) is 0 Å². The molecule has 0 unspecified atom stereocenters. The van der Waals surface area contributed by atoms with Crippen molar-refractivity contribution < 1.29 is 14.0 Å². The summed E-state index contributed by atoms with van der Waals surface area (Å²) in [5.74, 6) is 0.607. The molecule has 262 valence electrons. The lowest BCUT2D eigenvalue weighted by atomic mass is 10.0. The molecule has 11 aromatic rings. The van der Waals surface area contributed by atoms with Crippen molar-refractivity contribution in [2.45, 2.75) is 0 Å². The fraction of sp³-hybridized carbons (Fsp3) is 0. The maximum Gasteiger partial charge on any atom is 0.164 e. The third kappa shape index (κ3) is 5.45. The van der Waals surface area contributed by atoms with Crippen LogP contribution in [-0.4, -0.2) is 19.5 Å². The molecule has 0 atom stereocenters. The van der Waals surface area contributed by atoms with Crippen LogP contribution in [0.1, 0.15) is 9.60 Å². The Kier molecular flexibility index (Phi) is 5.92. The second-order valence-electron chi connectivity index (χ2n) is 13.5. The van der Waals surface area contributed by atoms with Gasteiger partial charge in [-0.1, -0.05) is 145 Å². The number of hydrogen-bond donors (Lipinski definition) is 0. The topological polar surface area (TPSA) is 56.7 Å². The molecule has 0 saturated carbocycles. The van der Waals surface area contributed by atoms with E-state index in [1.165, 1.54) is 0 Å². The lowest BCUT2D eigenvalue weighted by molar-refractivity contribution is 0.669. The SMILES string of the molecule is [2H]c1c([2H])c([2H])c2c(c1[2H])c1c([2H])c([2H])c(-c3nc(-c4ccccc4)nc(-c4cccc(-c5ccccc5)c4)n3)c([2H])c1n2-c1cccc(-c2ccc3c(c2)oc2ccccc23)c1. The summed E-state index contributed by atoms with van der Waals surface area (Å²) in [4.78, 5) is 14.7. The largest absolute Gasteiger partial charge is 0.456 e. The summed E-state index contributed by atoms with van der Waals surface area (Å²) in [5.41, 5.74) is 7.06. The van der Waals surface area contributed by atoms with E-state index in [1.54, 1.807) is 10.6 Å². The fourth-order valence-electron chi connectivity index (χ4n) is 7.41. The third-order valence-corrected chi connectivity index (χ3v) is 10.1. The standard InChI is InChI=1S/C51H32N4O/c1-3-13-33(14-4-1)35-17-11-19-38(29-35)50-52-49(34-15-5-2-6-16-34)53-51(54-50)39-26-27-42-41-21-7-9-23-45(41)55(46(42)31-39)40-20-12-18-36(30-40)37-25-28-44-43-22-8-10-24-47(43)56-48(44)32-37/h1-32H/i7D,9D,21D,23D,26D,27D,31D. The molecule has 0 spiro atoms. The second-order valence-corrected chi connectivity index (χ2v) is 13.5. The van der Waals surface area contributed by atoms with E-state index in [0.29, 0.717) is 34.0 Å². The molecule has 0 saturated heterocycles. The maximum absolute atomic E-state index is 9.99. The van der Waals surface area contributed by atoms with Gasteiger partial charge in [-0.2, -0.15) is 0 Å². The van der Waals surface area contributed by atoms with E-state index in [0.717, 1.165) is 38.6 Å². The summed E-state index contributed by atoms with van der Waals surface area (Å²) in [6.45, 7) is 0. The summed E-state index contributed by atoms with van der Waals surface area (Å²) in [7, 11) is 0. The van der Waals surface area contributed by atoms with Crippen LogP contribution in [0.2, 0.25) is 0 Å². The van der Waals surface area contributed by atoms with Gasteiger partial charge in [-0.25, -0.2) is 15.0 Å². The van der Waals surface area contributed by atoms with Gasteiger partial charge in [-0.05, 0) is 70.7 Å². The van der Waals surface area contributed by atoms with Crippen molar-refractivity contribution in [3.8, 4) is 62.1 Å². The van der Waals surface area contributed by atoms with Gasteiger partial charge in [0, 0.05) is 43.9 Å². The summed E-state index contributed by atoms with van der Waals surface area (Å²) < 4.78 is 72.6. The molecule has 5 heteroatoms. The van der Waals surface area contributed by atoms with Crippen molar-refractivity contribution in [2.75, 3.05) is 0 Å². The minimum atomic E-state index is -0.478. The van der Waals surface area contributed by atoms with Crippen LogP contribution in [0.3, 0.4) is 0 Å². The van der Waals surface area contributed by atoms with Crippen molar-refractivity contribution >= 4 is 43.7 Å². The van der Waals surface area contributed by atoms with Crippen molar-refractivity contribution in [3.05, 3.63) is 194 Å². The van der Waals surface area contributed by atoms with Gasteiger partial charge in [0.05, 0.1) is 20.6 Å². The van der Waals surface area contributed by atoms with E-state index in [-0.39, 0.29) is 63.4 Å². The summed E-state index contributed by atoms with van der Waals surface area (Å²) in [5, 5.41) is 2.08. The zero-order chi connectivity index (χ0) is 43.1. The van der Waals surface area contributed by atoms with Gasteiger partial charge in [-0.15, -0.1) is 0 Å². The Morgan fingerprint density at radius 2 is 1.00 bits per heavy atom. The average molecular weight is 724 g/mol. The number of nitrogens with zero attached hydrogens (tertiary/aromatic N) is 4. The minimum absolute atomic E-state index is 0.00128. The number of benzene rings is 8. The highest BCUT2D eigenvalue weighted by atomic mass is 16.3. The normalized spacial score (nSPS) is 13.3. The Morgan fingerprint density at radius 3 is 1.84 bits per heavy atom. The van der Waals surface area contributed by atoms with Crippen molar-refractivity contribution in [1.29, 1.82) is 0 Å². The Morgan fingerprint density at radius 1 is 0.393 bits per heavy atom. The molecule has 0 aliphatic rings. The van der Waals surface area contributed by atoms with E-state index in [9.17, 15) is 5.48 Å². The molecule has 3 heterocycles. The third-order valence-electron chi connectivity index (χ3n) is 10.1. The molecule has 0 fully saturated rings. The lowest BCUT2D eigenvalue weighted by Gasteiger charge is -2.12. The van der Waals surface area contributed by atoms with E-state index in [1.807, 2.05) is 146 Å². The second kappa shape index (κ2) is 13.0. The van der Waals surface area contributed by atoms with Crippen LogP contribution < -0.4 is 0 Å². The van der Waals surface area contributed by atoms with Crippen LogP contribution in [0.25, 0.3) is 106 Å². The van der Waals surface area contributed by atoms with Crippen LogP contribution in [0.15, 0.2) is 198 Å². The fourth-order valence-corrected chi connectivity index (χ4v) is 7.41. The van der Waals surface area contributed by atoms with Gasteiger partial charge < -0.3 is 8.98 Å². The maximum atomic E-state index is 9.99. The van der Waals surface area contributed by atoms with E-state index >= 15 is 0 Å². The summed E-state index contributed by atoms with van der Waals surface area (Å²) in [6, 6.07) is 45.8. The first-order valence-corrected chi connectivity index (χ1v) is 18.2. The van der Waals surface area contributed by atoms with E-state index in [4.69, 9.17) is 23.5 Å². The molecule has 0 aliphatic carbocycles. The highest BCUT2D eigenvalue weighted by Gasteiger charge is 2.18. The predicted molar refractivity (Wildman–Crippen MR) is 229 cm³/mol. The molecule has 0 aliphatic heterocycles. The monoisotopic (exact) mass is 723 g/mol. The Hall–Kier alpha value is -7.63. The quantitative estimate of drug-likeness (QED) is 0.171. The van der Waals surface area contributed by atoms with Crippen molar-refractivity contribution in [2.24, 2.45) is 0 Å². The number of para-hydroxylation sites is 2. The van der Waals surface area contributed by atoms with Crippen molar-refractivity contribution in [3.63, 3.8) is 0 Å². The minimum Gasteiger partial charge on any atom is -0.456 e.